The number of carbonyl (C=O) groups is 4. The number of ether oxygens (including phenoxy) is 1. The third kappa shape index (κ3) is 8.96. The fourth-order valence-electron chi connectivity index (χ4n) is 3.76. The van der Waals surface area contributed by atoms with Crippen molar-refractivity contribution in [2.45, 2.75) is 4.90 Å². The summed E-state index contributed by atoms with van der Waals surface area (Å²) in [6.07, 6.45) is 1.56. The van der Waals surface area contributed by atoms with E-state index >= 15 is 0 Å². The van der Waals surface area contributed by atoms with Crippen LogP contribution in [-0.2, 0) is 9.59 Å². The van der Waals surface area contributed by atoms with Gasteiger partial charge in [-0.2, -0.15) is 0 Å². The van der Waals surface area contributed by atoms with E-state index in [9.17, 15) is 24.3 Å². The average Bonchev–Trinajstić information content (AvgIpc) is 3.01. The van der Waals surface area contributed by atoms with Crippen LogP contribution in [0.5, 0.6) is 5.75 Å². The molecule has 3 amide bonds. The van der Waals surface area contributed by atoms with Gasteiger partial charge in [-0.3, -0.25) is 14.4 Å². The third-order valence-corrected chi connectivity index (χ3v) is 7.23. The van der Waals surface area contributed by atoms with Gasteiger partial charge in [0.05, 0.1) is 29.1 Å². The molecule has 43 heavy (non-hydrogen) atoms. The summed E-state index contributed by atoms with van der Waals surface area (Å²) in [7, 11) is 1.55. The number of benzene rings is 4. The van der Waals surface area contributed by atoms with E-state index in [1.54, 1.807) is 92.0 Å². The number of nitrogens with one attached hydrogen (secondary N) is 3. The summed E-state index contributed by atoms with van der Waals surface area (Å²) in [5.41, 5.74) is 1.73. The predicted octanol–water partition coefficient (Wildman–Crippen LogP) is 6.19. The van der Waals surface area contributed by atoms with Gasteiger partial charge >= 0.3 is 5.97 Å². The van der Waals surface area contributed by atoms with Gasteiger partial charge in [0.1, 0.15) is 11.4 Å². The molecule has 0 aromatic heterocycles. The maximum absolute atomic E-state index is 13.4. The van der Waals surface area contributed by atoms with Gasteiger partial charge in [0.25, 0.3) is 11.8 Å². The number of amides is 3. The second-order valence-electron chi connectivity index (χ2n) is 8.97. The molecular weight excluding hydrogens is 590 g/mol. The van der Waals surface area contributed by atoms with Crippen molar-refractivity contribution >= 4 is 64.5 Å². The van der Waals surface area contributed by atoms with Crippen LogP contribution in [0, 0.1) is 0 Å². The fourth-order valence-corrected chi connectivity index (χ4v) is 4.68. The molecule has 0 aliphatic carbocycles. The standard InChI is InChI=1S/C32H26ClN3O6S/c1-42-24-13-10-20(11-14-24)16-28(36-30(38)21-6-3-2-4-7-21)31(39)34-23-8-5-9-25(18-23)43-19-29(37)35-27-17-22(32(40)41)12-15-26(27)33/h2-18H,19H2,1H3,(H,34,39)(H,35,37)(H,36,38)(H,40,41)/b28-16+. The minimum Gasteiger partial charge on any atom is -0.497 e. The number of halogens is 1. The second-order valence-corrected chi connectivity index (χ2v) is 10.4. The summed E-state index contributed by atoms with van der Waals surface area (Å²) in [5, 5.41) is 17.5. The molecule has 0 fully saturated rings. The molecule has 218 valence electrons. The Bertz CT molecular complexity index is 1680. The van der Waals surface area contributed by atoms with Crippen LogP contribution < -0.4 is 20.7 Å². The van der Waals surface area contributed by atoms with Crippen molar-refractivity contribution in [3.05, 3.63) is 124 Å². The first kappa shape index (κ1) is 30.9. The van der Waals surface area contributed by atoms with Crippen molar-refractivity contribution in [1.29, 1.82) is 0 Å². The van der Waals surface area contributed by atoms with Crippen LogP contribution in [0.3, 0.4) is 0 Å². The predicted molar refractivity (Wildman–Crippen MR) is 168 cm³/mol. The van der Waals surface area contributed by atoms with E-state index in [1.165, 1.54) is 30.0 Å². The molecule has 4 N–H and O–H groups in total. The number of carboxylic acids is 1. The molecule has 4 aromatic carbocycles. The van der Waals surface area contributed by atoms with Gasteiger partial charge in [-0.15, -0.1) is 11.8 Å². The van der Waals surface area contributed by atoms with Gasteiger partial charge in [0, 0.05) is 16.1 Å². The summed E-state index contributed by atoms with van der Waals surface area (Å²) in [4.78, 5) is 50.7. The molecule has 0 saturated carbocycles. The minimum absolute atomic E-state index is 0.000777. The van der Waals surface area contributed by atoms with Crippen molar-refractivity contribution in [2.24, 2.45) is 0 Å². The third-order valence-electron chi connectivity index (χ3n) is 5.90. The monoisotopic (exact) mass is 615 g/mol. The lowest BCUT2D eigenvalue weighted by Gasteiger charge is -2.12. The summed E-state index contributed by atoms with van der Waals surface area (Å²) in [6.45, 7) is 0. The normalized spacial score (nSPS) is 10.9. The molecule has 4 aromatic rings. The van der Waals surface area contributed by atoms with Crippen LogP contribution in [0.4, 0.5) is 11.4 Å². The molecular formula is C32H26ClN3O6S. The van der Waals surface area contributed by atoms with Gasteiger partial charge in [-0.05, 0) is 72.3 Å². The van der Waals surface area contributed by atoms with Crippen molar-refractivity contribution in [3.63, 3.8) is 0 Å². The summed E-state index contributed by atoms with van der Waals surface area (Å²) in [5.74, 6) is -1.87. The Morgan fingerprint density at radius 1 is 0.860 bits per heavy atom. The van der Waals surface area contributed by atoms with Crippen molar-refractivity contribution < 1.29 is 29.0 Å². The molecule has 4 rings (SSSR count). The van der Waals surface area contributed by atoms with Crippen molar-refractivity contribution in [1.82, 2.24) is 5.32 Å². The molecule has 11 heteroatoms. The van der Waals surface area contributed by atoms with E-state index in [2.05, 4.69) is 16.0 Å². The molecule has 0 bridgehead atoms. The quantitative estimate of drug-likeness (QED) is 0.117. The Kier molecular flexibility index (Phi) is 10.6. The molecule has 0 heterocycles. The number of hydrogen-bond acceptors (Lipinski definition) is 6. The molecule has 0 radical (unpaired) electrons. The average molecular weight is 616 g/mol. The number of carboxylic acid groups (broad SMARTS) is 1. The Labute approximate surface area is 256 Å². The van der Waals surface area contributed by atoms with Gasteiger partial charge in [0.15, 0.2) is 0 Å². The number of rotatable bonds is 11. The summed E-state index contributed by atoms with van der Waals surface area (Å²) < 4.78 is 5.19. The Morgan fingerprint density at radius 3 is 2.30 bits per heavy atom. The minimum atomic E-state index is -1.14. The van der Waals surface area contributed by atoms with Crippen LogP contribution in [0.25, 0.3) is 6.08 Å². The number of thioether (sulfide) groups is 1. The SMILES string of the molecule is COc1ccc(/C=C(/NC(=O)c2ccccc2)C(=O)Nc2cccc(SCC(=O)Nc3cc(C(=O)O)ccc3Cl)c2)cc1. The molecule has 0 saturated heterocycles. The molecule has 9 nitrogen and oxygen atoms in total. The van der Waals surface area contributed by atoms with Gasteiger partial charge in [-0.25, -0.2) is 4.79 Å². The smallest absolute Gasteiger partial charge is 0.335 e. The van der Waals surface area contributed by atoms with E-state index in [1.807, 2.05) is 0 Å². The fraction of sp³-hybridized carbons (Fsp3) is 0.0625. The first-order valence-electron chi connectivity index (χ1n) is 12.8. The van der Waals surface area contributed by atoms with Gasteiger partial charge in [0.2, 0.25) is 5.91 Å². The van der Waals surface area contributed by atoms with E-state index in [4.69, 9.17) is 16.3 Å². The largest absolute Gasteiger partial charge is 0.497 e. The second kappa shape index (κ2) is 14.7. The number of hydrogen-bond donors (Lipinski definition) is 4. The van der Waals surface area contributed by atoms with Gasteiger partial charge < -0.3 is 25.8 Å². The summed E-state index contributed by atoms with van der Waals surface area (Å²) >= 11 is 7.31. The highest BCUT2D eigenvalue weighted by atomic mass is 35.5. The maximum Gasteiger partial charge on any atom is 0.335 e. The first-order valence-corrected chi connectivity index (χ1v) is 14.2. The van der Waals surface area contributed by atoms with Gasteiger partial charge in [-0.1, -0.05) is 48.0 Å². The highest BCUT2D eigenvalue weighted by molar-refractivity contribution is 8.00. The molecule has 0 aliphatic rings. The van der Waals surface area contributed by atoms with Crippen LogP contribution in [0.15, 0.2) is 108 Å². The van der Waals surface area contributed by atoms with Crippen LogP contribution in [0.2, 0.25) is 5.02 Å². The van der Waals surface area contributed by atoms with Crippen LogP contribution in [-0.4, -0.2) is 41.7 Å². The van der Waals surface area contributed by atoms with E-state index in [-0.39, 0.29) is 27.7 Å². The molecule has 0 unspecified atom stereocenters. The molecule has 0 atom stereocenters. The van der Waals surface area contributed by atoms with Crippen molar-refractivity contribution in [2.75, 3.05) is 23.5 Å². The lowest BCUT2D eigenvalue weighted by Crippen LogP contribution is -2.30. The topological polar surface area (TPSA) is 134 Å². The van der Waals surface area contributed by atoms with E-state index in [0.29, 0.717) is 27.5 Å². The van der Waals surface area contributed by atoms with E-state index in [0.717, 1.165) is 0 Å². The Balaban J connectivity index is 1.45. The highest BCUT2D eigenvalue weighted by Gasteiger charge is 2.16. The Hall–Kier alpha value is -5.06. The maximum atomic E-state index is 13.4. The number of aromatic carboxylic acids is 1. The number of anilines is 2. The zero-order valence-corrected chi connectivity index (χ0v) is 24.4. The molecule has 0 spiro atoms. The number of carbonyl (C=O) groups excluding carboxylic acids is 3. The zero-order chi connectivity index (χ0) is 30.8. The first-order chi connectivity index (χ1) is 20.7. The number of methoxy groups -OCH3 is 1. The lowest BCUT2D eigenvalue weighted by molar-refractivity contribution is -0.114. The lowest BCUT2D eigenvalue weighted by atomic mass is 10.1. The van der Waals surface area contributed by atoms with Crippen LogP contribution in [0.1, 0.15) is 26.3 Å². The highest BCUT2D eigenvalue weighted by Crippen LogP contribution is 2.26. The van der Waals surface area contributed by atoms with Crippen LogP contribution >= 0.6 is 23.4 Å². The van der Waals surface area contributed by atoms with Crippen molar-refractivity contribution in [3.8, 4) is 5.75 Å². The summed E-state index contributed by atoms with van der Waals surface area (Å²) in [6, 6.07) is 26.5. The molecule has 0 aliphatic heterocycles. The Morgan fingerprint density at radius 2 is 1.60 bits per heavy atom. The zero-order valence-electron chi connectivity index (χ0n) is 22.8. The van der Waals surface area contributed by atoms with E-state index < -0.39 is 23.7 Å².